The first-order valence-electron chi connectivity index (χ1n) is 22.5. The van der Waals surface area contributed by atoms with Gasteiger partial charge in [-0.2, -0.15) is 4.39 Å². The second-order valence-electron chi connectivity index (χ2n) is 19.1. The van der Waals surface area contributed by atoms with Gasteiger partial charge < -0.3 is 39.8 Å². The number of carbonyl (C=O) groups is 2. The fraction of sp³-hybridized carbons (Fsp3) is 0.574. The van der Waals surface area contributed by atoms with E-state index < -0.39 is 17.1 Å². The van der Waals surface area contributed by atoms with Crippen LogP contribution in [0.1, 0.15) is 123 Å². The van der Waals surface area contributed by atoms with Gasteiger partial charge in [0.25, 0.3) is 0 Å². The highest BCUT2D eigenvalue weighted by Gasteiger charge is 2.45. The van der Waals surface area contributed by atoms with Gasteiger partial charge >= 0.3 is 12.2 Å². The van der Waals surface area contributed by atoms with Crippen LogP contribution in [0.3, 0.4) is 0 Å². The van der Waals surface area contributed by atoms with Gasteiger partial charge in [-0.3, -0.25) is 4.98 Å². The van der Waals surface area contributed by atoms with Crippen molar-refractivity contribution in [1.29, 1.82) is 0 Å². The number of nitrogens with zero attached hydrogens (tertiary/aromatic N) is 8. The molecule has 4 unspecified atom stereocenters. The number of anilines is 3. The number of fused-ring (bicyclic) bond motifs is 4. The minimum Gasteiger partial charge on any atom is -0.474 e. The Balaban J connectivity index is 0.000000188. The molecule has 4 atom stereocenters. The summed E-state index contributed by atoms with van der Waals surface area (Å²) in [4.78, 5) is 53.6. The predicted octanol–water partition coefficient (Wildman–Crippen LogP) is 9.87. The molecule has 4 bridgehead atoms. The summed E-state index contributed by atoms with van der Waals surface area (Å²) in [6.45, 7) is 16.9. The minimum absolute atomic E-state index is 0.0265. The maximum atomic E-state index is 13.9. The molecule has 0 aromatic carbocycles. The number of nitrogen functional groups attached to an aromatic ring is 1. The van der Waals surface area contributed by atoms with E-state index in [1.165, 1.54) is 18.9 Å². The standard InChI is InChI=1S/C23H30FN5O3.C18H26ClN3O3.C6H8N2/c1-14-20(28-18-9-6-10-25-19(18)24)26-13-27-21(14)31-17-11-15-7-5-8-16(12-17)29(15)22(30)32-23(2,3)4;1-11-15(19)20-10-21-16(11)24-14-8-12-6-5-7-13(9-14)22(12)17(23)25-18(2,3)4;1-5-6(7)3-2-4-8-5/h6,9-10,13,15-17H,5,7-8,11-12H2,1-4H3,(H,26,27,28);10,12-14H,5-9H2,1-4H3;2-4H,7H2,1H3. The number of piperidine rings is 4. The van der Waals surface area contributed by atoms with Gasteiger partial charge in [0.05, 0.1) is 22.6 Å². The number of ether oxygens (including phenoxy) is 4. The zero-order chi connectivity index (χ0) is 47.1. The molecule has 4 fully saturated rings. The minimum atomic E-state index is -0.602. The summed E-state index contributed by atoms with van der Waals surface area (Å²) in [6.07, 6.45) is 14.5. The summed E-state index contributed by atoms with van der Waals surface area (Å²) in [5.41, 5.74) is 7.79. The molecule has 18 heteroatoms. The Kier molecular flexibility index (Phi) is 15.9. The van der Waals surface area contributed by atoms with E-state index in [-0.39, 0.29) is 54.2 Å². The summed E-state index contributed by atoms with van der Waals surface area (Å²) >= 11 is 6.05. The first-order valence-corrected chi connectivity index (χ1v) is 22.8. The van der Waals surface area contributed by atoms with Crippen molar-refractivity contribution in [2.75, 3.05) is 11.1 Å². The first-order chi connectivity index (χ1) is 30.8. The van der Waals surface area contributed by atoms with Crippen LogP contribution in [-0.4, -0.2) is 99.5 Å². The number of aromatic nitrogens is 6. The van der Waals surface area contributed by atoms with Crippen molar-refractivity contribution in [3.8, 4) is 11.8 Å². The van der Waals surface area contributed by atoms with Crippen molar-refractivity contribution in [2.45, 2.75) is 174 Å². The third kappa shape index (κ3) is 13.3. The van der Waals surface area contributed by atoms with Gasteiger partial charge in [-0.1, -0.05) is 11.6 Å². The molecule has 0 radical (unpaired) electrons. The number of nitrogens with two attached hydrogens (primary N) is 1. The van der Waals surface area contributed by atoms with Gasteiger partial charge in [0.2, 0.25) is 17.7 Å². The van der Waals surface area contributed by atoms with Crippen LogP contribution in [0, 0.1) is 26.7 Å². The van der Waals surface area contributed by atoms with Crippen molar-refractivity contribution >= 4 is 41.0 Å². The zero-order valence-corrected chi connectivity index (χ0v) is 39.8. The third-order valence-electron chi connectivity index (χ3n) is 11.7. The smallest absolute Gasteiger partial charge is 0.410 e. The van der Waals surface area contributed by atoms with Crippen LogP contribution in [0.5, 0.6) is 11.8 Å². The molecule has 4 aliphatic rings. The van der Waals surface area contributed by atoms with E-state index in [2.05, 4.69) is 35.2 Å². The highest BCUT2D eigenvalue weighted by Crippen LogP contribution is 2.39. The largest absolute Gasteiger partial charge is 0.474 e. The number of pyridine rings is 2. The number of halogens is 2. The van der Waals surface area contributed by atoms with Crippen LogP contribution in [0.4, 0.5) is 31.2 Å². The number of rotatable bonds is 6. The first kappa shape index (κ1) is 48.9. The van der Waals surface area contributed by atoms with Gasteiger partial charge in [-0.15, -0.1) is 0 Å². The molecule has 4 saturated heterocycles. The van der Waals surface area contributed by atoms with Gasteiger partial charge in [-0.05, 0) is 125 Å². The molecule has 2 amide bonds. The van der Waals surface area contributed by atoms with Crippen LogP contribution in [0.15, 0.2) is 49.3 Å². The number of hydrogen-bond donors (Lipinski definition) is 2. The van der Waals surface area contributed by atoms with Crippen LogP contribution < -0.4 is 20.5 Å². The molecular weight excluding hydrogens is 855 g/mol. The molecule has 0 aliphatic carbocycles. The Morgan fingerprint density at radius 2 is 1.15 bits per heavy atom. The van der Waals surface area contributed by atoms with Crippen molar-refractivity contribution in [2.24, 2.45) is 0 Å². The molecule has 3 N–H and O–H groups in total. The summed E-state index contributed by atoms with van der Waals surface area (Å²) in [6, 6.07) is 7.40. The highest BCUT2D eigenvalue weighted by molar-refractivity contribution is 6.30. The molecular formula is C47H64ClFN10O6. The van der Waals surface area contributed by atoms with Crippen molar-refractivity contribution in [3.63, 3.8) is 0 Å². The van der Waals surface area contributed by atoms with E-state index in [0.29, 0.717) is 28.3 Å². The van der Waals surface area contributed by atoms with Crippen molar-refractivity contribution in [1.82, 2.24) is 39.7 Å². The summed E-state index contributed by atoms with van der Waals surface area (Å²) < 4.78 is 37.6. The summed E-state index contributed by atoms with van der Waals surface area (Å²) in [5.74, 6) is 0.859. The third-order valence-corrected chi connectivity index (χ3v) is 12.1. The van der Waals surface area contributed by atoms with E-state index in [1.54, 1.807) is 18.3 Å². The maximum absolute atomic E-state index is 13.9. The zero-order valence-electron chi connectivity index (χ0n) is 39.0. The Labute approximate surface area is 386 Å². The van der Waals surface area contributed by atoms with E-state index in [4.69, 9.17) is 36.3 Å². The maximum Gasteiger partial charge on any atom is 0.410 e. The Morgan fingerprint density at radius 1 is 0.692 bits per heavy atom. The van der Waals surface area contributed by atoms with Gasteiger partial charge in [0.1, 0.15) is 47.0 Å². The van der Waals surface area contributed by atoms with E-state index in [1.807, 2.05) is 84.2 Å². The number of aryl methyl sites for hydroxylation is 1. The molecule has 8 heterocycles. The fourth-order valence-corrected chi connectivity index (χ4v) is 8.84. The average Bonchev–Trinajstić information content (AvgIpc) is 3.21. The van der Waals surface area contributed by atoms with Crippen molar-refractivity contribution < 1.29 is 32.9 Å². The summed E-state index contributed by atoms with van der Waals surface area (Å²) in [7, 11) is 0. The SMILES string of the molecule is Cc1c(Cl)ncnc1OC1CC2CCCC(C1)N2C(=O)OC(C)(C)C.Cc1c(Nc2cccnc2F)ncnc1OC1CC2CCCC(C1)N2C(=O)OC(C)(C)C.Cc1ncccc1N. The molecule has 4 aliphatic heterocycles. The van der Waals surface area contributed by atoms with Crippen LogP contribution in [0.2, 0.25) is 5.15 Å². The van der Waals surface area contributed by atoms with E-state index in [0.717, 1.165) is 81.2 Å². The molecule has 352 valence electrons. The summed E-state index contributed by atoms with van der Waals surface area (Å²) in [5, 5.41) is 3.38. The lowest BCUT2D eigenvalue weighted by atomic mass is 9.83. The molecule has 0 spiro atoms. The second kappa shape index (κ2) is 21.2. The van der Waals surface area contributed by atoms with E-state index >= 15 is 0 Å². The molecule has 0 saturated carbocycles. The van der Waals surface area contributed by atoms with Crippen LogP contribution in [-0.2, 0) is 9.47 Å². The van der Waals surface area contributed by atoms with Crippen LogP contribution in [0.25, 0.3) is 0 Å². The lowest BCUT2D eigenvalue weighted by Gasteiger charge is -2.48. The number of hydrogen-bond acceptors (Lipinski definition) is 14. The molecule has 16 nitrogen and oxygen atoms in total. The molecule has 8 rings (SSSR count). The number of carbonyl (C=O) groups excluding carboxylic acids is 2. The molecule has 4 aromatic rings. The Morgan fingerprint density at radius 3 is 1.60 bits per heavy atom. The Hall–Kier alpha value is -5.58. The monoisotopic (exact) mass is 918 g/mol. The lowest BCUT2D eigenvalue weighted by Crippen LogP contribution is -2.57. The lowest BCUT2D eigenvalue weighted by molar-refractivity contribution is -0.0423. The van der Waals surface area contributed by atoms with Gasteiger partial charge in [-0.25, -0.2) is 34.5 Å². The second-order valence-corrected chi connectivity index (χ2v) is 19.4. The quantitative estimate of drug-likeness (QED) is 0.137. The average molecular weight is 920 g/mol. The number of amides is 2. The normalized spacial score (nSPS) is 22.5. The highest BCUT2D eigenvalue weighted by atomic mass is 35.5. The van der Waals surface area contributed by atoms with Gasteiger partial charge in [0.15, 0.2) is 0 Å². The number of nitrogens with one attached hydrogen (secondary N) is 1. The molecule has 65 heavy (non-hydrogen) atoms. The van der Waals surface area contributed by atoms with E-state index in [9.17, 15) is 14.0 Å². The Bertz CT molecular complexity index is 2210. The predicted molar refractivity (Wildman–Crippen MR) is 246 cm³/mol. The molecule has 4 aromatic heterocycles. The topological polar surface area (TPSA) is 193 Å². The van der Waals surface area contributed by atoms with Crippen molar-refractivity contribution in [3.05, 3.63) is 77.2 Å². The fourth-order valence-electron chi connectivity index (χ4n) is 8.71. The van der Waals surface area contributed by atoms with Crippen LogP contribution >= 0.6 is 11.6 Å². The van der Waals surface area contributed by atoms with Gasteiger partial charge in [0, 0.05) is 67.8 Å².